The number of ether oxygens (including phenoxy) is 1. The molecular formula is C16H20N2OS. The van der Waals surface area contributed by atoms with Gasteiger partial charge in [0.25, 0.3) is 0 Å². The average molecular weight is 288 g/mol. The lowest BCUT2D eigenvalue weighted by Crippen LogP contribution is -2.07. The van der Waals surface area contributed by atoms with Gasteiger partial charge in [0.15, 0.2) is 0 Å². The quantitative estimate of drug-likeness (QED) is 0.845. The van der Waals surface area contributed by atoms with Crippen molar-refractivity contribution in [3.8, 4) is 11.5 Å². The molecule has 4 heteroatoms. The van der Waals surface area contributed by atoms with Crippen LogP contribution >= 0.6 is 11.8 Å². The summed E-state index contributed by atoms with van der Waals surface area (Å²) in [6, 6.07) is 8.16. The summed E-state index contributed by atoms with van der Waals surface area (Å²) in [5, 5.41) is 3.14. The van der Waals surface area contributed by atoms with E-state index < -0.39 is 0 Å². The van der Waals surface area contributed by atoms with Crippen LogP contribution < -0.4 is 10.1 Å². The molecule has 0 aliphatic heterocycles. The van der Waals surface area contributed by atoms with E-state index in [9.17, 15) is 0 Å². The third-order valence-corrected chi connectivity index (χ3v) is 3.94. The number of benzene rings is 1. The Morgan fingerprint density at radius 1 is 1.25 bits per heavy atom. The van der Waals surface area contributed by atoms with E-state index in [0.29, 0.717) is 0 Å². The molecule has 1 heterocycles. The first-order chi connectivity index (χ1) is 9.63. The summed E-state index contributed by atoms with van der Waals surface area (Å²) in [5.74, 6) is 1.73. The lowest BCUT2D eigenvalue weighted by molar-refractivity contribution is 0.472. The number of hydrogen-bond acceptors (Lipinski definition) is 4. The number of pyridine rings is 1. The van der Waals surface area contributed by atoms with Crippen molar-refractivity contribution in [3.05, 3.63) is 47.3 Å². The summed E-state index contributed by atoms with van der Waals surface area (Å²) in [4.78, 5) is 5.60. The van der Waals surface area contributed by atoms with E-state index in [1.165, 1.54) is 10.5 Å². The number of thioether (sulfide) groups is 1. The Hall–Kier alpha value is -1.52. The van der Waals surface area contributed by atoms with Crippen LogP contribution in [-0.4, -0.2) is 18.3 Å². The Morgan fingerprint density at radius 3 is 2.70 bits per heavy atom. The highest BCUT2D eigenvalue weighted by Crippen LogP contribution is 2.29. The second-order valence-corrected chi connectivity index (χ2v) is 5.55. The van der Waals surface area contributed by atoms with Gasteiger partial charge in [0.1, 0.15) is 11.5 Å². The van der Waals surface area contributed by atoms with Crippen molar-refractivity contribution in [3.63, 3.8) is 0 Å². The molecule has 2 aromatic rings. The minimum atomic E-state index is 0.741. The van der Waals surface area contributed by atoms with Crippen molar-refractivity contribution in [2.75, 3.05) is 13.3 Å². The fourth-order valence-electron chi connectivity index (χ4n) is 2.02. The number of hydrogen-bond donors (Lipinski definition) is 1. The van der Waals surface area contributed by atoms with E-state index >= 15 is 0 Å². The largest absolute Gasteiger partial charge is 0.457 e. The Kier molecular flexibility index (Phi) is 5.04. The van der Waals surface area contributed by atoms with Crippen molar-refractivity contribution >= 4 is 11.8 Å². The highest BCUT2D eigenvalue weighted by molar-refractivity contribution is 7.98. The van der Waals surface area contributed by atoms with Crippen molar-refractivity contribution < 1.29 is 4.74 Å². The zero-order valence-corrected chi connectivity index (χ0v) is 13.2. The second-order valence-electron chi connectivity index (χ2n) is 4.70. The van der Waals surface area contributed by atoms with Gasteiger partial charge in [-0.2, -0.15) is 0 Å². The van der Waals surface area contributed by atoms with Gasteiger partial charge in [-0.3, -0.25) is 4.98 Å². The molecule has 106 valence electrons. The first-order valence-corrected chi connectivity index (χ1v) is 7.79. The van der Waals surface area contributed by atoms with Gasteiger partial charge in [0.2, 0.25) is 0 Å². The lowest BCUT2D eigenvalue weighted by Gasteiger charge is -2.13. The van der Waals surface area contributed by atoms with Gasteiger partial charge in [0, 0.05) is 35.0 Å². The summed E-state index contributed by atoms with van der Waals surface area (Å²) in [5.41, 5.74) is 3.25. The van der Waals surface area contributed by atoms with Crippen molar-refractivity contribution in [2.45, 2.75) is 25.3 Å². The summed E-state index contributed by atoms with van der Waals surface area (Å²) >= 11 is 1.75. The molecule has 0 unspecified atom stereocenters. The van der Waals surface area contributed by atoms with Crippen LogP contribution in [0.5, 0.6) is 11.5 Å². The van der Waals surface area contributed by atoms with Gasteiger partial charge < -0.3 is 10.1 Å². The third kappa shape index (κ3) is 3.52. The molecular weight excluding hydrogens is 268 g/mol. The van der Waals surface area contributed by atoms with Gasteiger partial charge in [-0.25, -0.2) is 0 Å². The molecule has 1 aromatic heterocycles. The van der Waals surface area contributed by atoms with Gasteiger partial charge in [0.05, 0.1) is 0 Å². The fraction of sp³-hybridized carbons (Fsp3) is 0.312. The summed E-state index contributed by atoms with van der Waals surface area (Å²) < 4.78 is 6.03. The summed E-state index contributed by atoms with van der Waals surface area (Å²) in [6.07, 6.45) is 3.95. The molecule has 0 fully saturated rings. The Labute approximate surface area is 124 Å². The minimum absolute atomic E-state index is 0.741. The smallest absolute Gasteiger partial charge is 0.135 e. The topological polar surface area (TPSA) is 34.2 Å². The molecule has 0 saturated heterocycles. The van der Waals surface area contributed by atoms with E-state index in [4.69, 9.17) is 4.74 Å². The predicted octanol–water partition coefficient (Wildman–Crippen LogP) is 3.93. The number of nitrogens with zero attached hydrogens (tertiary/aromatic N) is 1. The number of aryl methyl sites for hydroxylation is 2. The van der Waals surface area contributed by atoms with Gasteiger partial charge in [-0.15, -0.1) is 11.8 Å². The molecule has 0 atom stereocenters. The highest BCUT2D eigenvalue weighted by Gasteiger charge is 2.07. The molecule has 0 radical (unpaired) electrons. The van der Waals surface area contributed by atoms with E-state index in [1.54, 1.807) is 11.8 Å². The maximum absolute atomic E-state index is 6.03. The van der Waals surface area contributed by atoms with E-state index in [-0.39, 0.29) is 0 Å². The highest BCUT2D eigenvalue weighted by atomic mass is 32.2. The van der Waals surface area contributed by atoms with Gasteiger partial charge >= 0.3 is 0 Å². The average Bonchev–Trinajstić information content (AvgIpc) is 2.42. The van der Waals surface area contributed by atoms with E-state index in [1.807, 2.05) is 32.3 Å². The van der Waals surface area contributed by atoms with Gasteiger partial charge in [-0.1, -0.05) is 0 Å². The van der Waals surface area contributed by atoms with Crippen molar-refractivity contribution in [1.29, 1.82) is 0 Å². The summed E-state index contributed by atoms with van der Waals surface area (Å²) in [6.45, 7) is 4.81. The first-order valence-electron chi connectivity index (χ1n) is 6.56. The van der Waals surface area contributed by atoms with Crippen LogP contribution in [0.3, 0.4) is 0 Å². The molecule has 1 aromatic carbocycles. The van der Waals surface area contributed by atoms with Crippen LogP contribution in [0.2, 0.25) is 0 Å². The molecule has 0 aliphatic carbocycles. The second kappa shape index (κ2) is 6.77. The molecule has 0 amide bonds. The normalized spacial score (nSPS) is 10.6. The monoisotopic (exact) mass is 288 g/mol. The van der Waals surface area contributed by atoms with Crippen LogP contribution in [0.15, 0.2) is 35.4 Å². The van der Waals surface area contributed by atoms with Crippen molar-refractivity contribution in [2.24, 2.45) is 0 Å². The fourth-order valence-corrected chi connectivity index (χ4v) is 2.61. The molecule has 3 nitrogen and oxygen atoms in total. The van der Waals surface area contributed by atoms with Crippen LogP contribution in [0, 0.1) is 13.8 Å². The van der Waals surface area contributed by atoms with E-state index in [2.05, 4.69) is 35.6 Å². The number of rotatable bonds is 5. The predicted molar refractivity (Wildman–Crippen MR) is 84.8 cm³/mol. The first kappa shape index (κ1) is 14.9. The zero-order chi connectivity index (χ0) is 14.5. The molecule has 0 spiro atoms. The minimum Gasteiger partial charge on any atom is -0.457 e. The number of aromatic nitrogens is 1. The molecule has 20 heavy (non-hydrogen) atoms. The third-order valence-electron chi connectivity index (χ3n) is 3.04. The Bertz CT molecular complexity index is 599. The van der Waals surface area contributed by atoms with Crippen LogP contribution in [0.1, 0.15) is 16.8 Å². The van der Waals surface area contributed by atoms with Crippen LogP contribution in [0.25, 0.3) is 0 Å². The molecule has 1 N–H and O–H groups in total. The SMILES string of the molecule is CNCc1cnc(C)cc1Oc1ccc(SC)c(C)c1. The maximum atomic E-state index is 6.03. The summed E-state index contributed by atoms with van der Waals surface area (Å²) in [7, 11) is 1.92. The van der Waals surface area contributed by atoms with E-state index in [0.717, 1.165) is 29.3 Å². The van der Waals surface area contributed by atoms with Crippen LogP contribution in [-0.2, 0) is 6.54 Å². The Balaban J connectivity index is 2.29. The van der Waals surface area contributed by atoms with Gasteiger partial charge in [-0.05, 0) is 50.9 Å². The maximum Gasteiger partial charge on any atom is 0.135 e. The molecule has 2 rings (SSSR count). The lowest BCUT2D eigenvalue weighted by atomic mass is 10.2. The molecule has 0 bridgehead atoms. The Morgan fingerprint density at radius 2 is 2.05 bits per heavy atom. The molecule has 0 aliphatic rings. The number of nitrogens with one attached hydrogen (secondary N) is 1. The zero-order valence-electron chi connectivity index (χ0n) is 12.4. The van der Waals surface area contributed by atoms with Crippen LogP contribution in [0.4, 0.5) is 0 Å². The van der Waals surface area contributed by atoms with Crippen molar-refractivity contribution in [1.82, 2.24) is 10.3 Å². The standard InChI is InChI=1S/C16H20N2OS/c1-11-7-14(5-6-16(11)20-4)19-15-8-12(2)18-10-13(15)9-17-3/h5-8,10,17H,9H2,1-4H3. The molecule has 0 saturated carbocycles.